The van der Waals surface area contributed by atoms with E-state index >= 15 is 0 Å². The van der Waals surface area contributed by atoms with Crippen molar-refractivity contribution in [3.05, 3.63) is 0 Å². The van der Waals surface area contributed by atoms with E-state index in [0.717, 1.165) is 0 Å². The van der Waals surface area contributed by atoms with Gasteiger partial charge in [0, 0.05) is 0 Å². The van der Waals surface area contributed by atoms with Crippen LogP contribution in [0.4, 0.5) is 0 Å². The summed E-state index contributed by atoms with van der Waals surface area (Å²) in [5.74, 6) is 0. The van der Waals surface area contributed by atoms with E-state index < -0.39 is 17.0 Å². The van der Waals surface area contributed by atoms with Crippen LogP contribution in [0.5, 0.6) is 0 Å². The van der Waals surface area contributed by atoms with Gasteiger partial charge in [-0.3, -0.25) is 0 Å². The van der Waals surface area contributed by atoms with Crippen LogP contribution in [-0.4, -0.2) is 17.0 Å². The zero-order valence-corrected chi connectivity index (χ0v) is 14.1. The number of rotatable bonds is 9. The summed E-state index contributed by atoms with van der Waals surface area (Å²) in [4.78, 5) is 0. The minimum absolute atomic E-state index is 1.36. The van der Waals surface area contributed by atoms with Crippen molar-refractivity contribution in [2.45, 2.75) is 72.6 Å². The van der Waals surface area contributed by atoms with Crippen molar-refractivity contribution >= 4 is 26.8 Å². The van der Waals surface area contributed by atoms with Gasteiger partial charge in [-0.05, 0) is 0 Å². The molecule has 0 radical (unpaired) electrons. The standard InChI is InChI=1S/3C4H9.H2S.Sn/c3*1-3-4-2;;/h3*1,3-4H2,2H3;1H2;/q;;;;+1/p-1. The molecule has 0 aromatic carbocycles. The zero-order chi connectivity index (χ0) is 10.9. The predicted molar refractivity (Wildman–Crippen MR) is 73.9 cm³/mol. The fraction of sp³-hybridized carbons (Fsp3) is 1.00. The molecular weight excluding hydrogens is 295 g/mol. The van der Waals surface area contributed by atoms with Gasteiger partial charge in [0.05, 0.1) is 0 Å². The van der Waals surface area contributed by atoms with Crippen LogP contribution >= 0.6 is 9.81 Å². The minimum atomic E-state index is -1.87. The average molecular weight is 323 g/mol. The van der Waals surface area contributed by atoms with Crippen LogP contribution in [0.25, 0.3) is 0 Å². The maximum atomic E-state index is 5.13. The van der Waals surface area contributed by atoms with Crippen LogP contribution in [0, 0.1) is 0 Å². The molecule has 0 amide bonds. The van der Waals surface area contributed by atoms with Crippen LogP contribution < -0.4 is 0 Å². The van der Waals surface area contributed by atoms with Gasteiger partial charge in [-0.2, -0.15) is 0 Å². The van der Waals surface area contributed by atoms with E-state index in [2.05, 4.69) is 20.8 Å². The molecule has 0 fully saturated rings. The van der Waals surface area contributed by atoms with Crippen LogP contribution in [0.2, 0.25) is 13.3 Å². The monoisotopic (exact) mass is 324 g/mol. The Bertz CT molecular complexity index is 104. The summed E-state index contributed by atoms with van der Waals surface area (Å²) in [5.41, 5.74) is 0. The average Bonchev–Trinajstić information content (AvgIpc) is 2.21. The molecule has 0 aliphatic carbocycles. The Hall–Kier alpha value is 1.15. The third-order valence-electron chi connectivity index (χ3n) is 2.99. The van der Waals surface area contributed by atoms with Crippen molar-refractivity contribution in [2.75, 3.05) is 0 Å². The molecule has 0 aliphatic heterocycles. The Morgan fingerprint density at radius 1 is 0.714 bits per heavy atom. The third kappa shape index (κ3) is 7.44. The molecule has 0 aromatic rings. The maximum absolute atomic E-state index is 5.13. The van der Waals surface area contributed by atoms with Crippen molar-refractivity contribution in [1.82, 2.24) is 0 Å². The first-order chi connectivity index (χ1) is 6.68. The number of hydrogen-bond acceptors (Lipinski definition) is 1. The number of unbranched alkanes of at least 4 members (excludes halogenated alkanes) is 3. The van der Waals surface area contributed by atoms with Gasteiger partial charge in [0.15, 0.2) is 0 Å². The molecule has 0 nitrogen and oxygen atoms in total. The van der Waals surface area contributed by atoms with Gasteiger partial charge in [-0.25, -0.2) is 0 Å². The Kier molecular flexibility index (Phi) is 10.1. The predicted octanol–water partition coefficient (Wildman–Crippen LogP) is 5.26. The SMILES string of the molecule is CCC[CH2][Sn]([SH])([CH2]CCC)[CH2]CCC. The topological polar surface area (TPSA) is 0 Å². The fourth-order valence-electron chi connectivity index (χ4n) is 1.89. The summed E-state index contributed by atoms with van der Waals surface area (Å²) >= 11 is -1.87. The van der Waals surface area contributed by atoms with E-state index in [1.165, 1.54) is 51.8 Å². The quantitative estimate of drug-likeness (QED) is 0.434. The molecular formula is C12H28SSn. The van der Waals surface area contributed by atoms with Gasteiger partial charge in [-0.15, -0.1) is 0 Å². The van der Waals surface area contributed by atoms with Crippen LogP contribution in [0.15, 0.2) is 0 Å². The molecule has 0 spiro atoms. The first-order valence-corrected chi connectivity index (χ1v) is 16.7. The van der Waals surface area contributed by atoms with E-state index in [9.17, 15) is 0 Å². The Morgan fingerprint density at radius 3 is 1.21 bits per heavy atom. The van der Waals surface area contributed by atoms with Crippen molar-refractivity contribution in [2.24, 2.45) is 0 Å². The van der Waals surface area contributed by atoms with Crippen molar-refractivity contribution < 1.29 is 0 Å². The van der Waals surface area contributed by atoms with Crippen LogP contribution in [0.1, 0.15) is 59.3 Å². The molecule has 0 aliphatic rings. The second-order valence-corrected chi connectivity index (χ2v) is 22.2. The molecule has 2 heteroatoms. The first-order valence-electron chi connectivity index (χ1n) is 6.41. The summed E-state index contributed by atoms with van der Waals surface area (Å²) in [6.45, 7) is 6.92. The van der Waals surface area contributed by atoms with Crippen LogP contribution in [-0.2, 0) is 0 Å². The molecule has 0 atom stereocenters. The summed E-state index contributed by atoms with van der Waals surface area (Å²) in [6.07, 6.45) is 8.39. The molecule has 0 rings (SSSR count). The summed E-state index contributed by atoms with van der Waals surface area (Å²) in [7, 11) is 5.13. The molecule has 86 valence electrons. The van der Waals surface area contributed by atoms with Gasteiger partial charge >= 0.3 is 99.4 Å². The van der Waals surface area contributed by atoms with Gasteiger partial charge in [-0.1, -0.05) is 0 Å². The van der Waals surface area contributed by atoms with E-state index in [0.29, 0.717) is 0 Å². The Balaban J connectivity index is 3.89. The molecule has 0 saturated heterocycles. The normalized spacial score (nSPS) is 12.0. The van der Waals surface area contributed by atoms with Gasteiger partial charge < -0.3 is 0 Å². The second kappa shape index (κ2) is 9.38. The van der Waals surface area contributed by atoms with E-state index in [1.54, 1.807) is 0 Å². The van der Waals surface area contributed by atoms with Crippen molar-refractivity contribution in [1.29, 1.82) is 0 Å². The summed E-state index contributed by atoms with van der Waals surface area (Å²) < 4.78 is 4.57. The Morgan fingerprint density at radius 2 is 1.00 bits per heavy atom. The van der Waals surface area contributed by atoms with Gasteiger partial charge in [0.25, 0.3) is 0 Å². The molecule has 0 N–H and O–H groups in total. The second-order valence-electron chi connectivity index (χ2n) is 4.54. The molecule has 0 heterocycles. The van der Waals surface area contributed by atoms with Crippen molar-refractivity contribution in [3.63, 3.8) is 0 Å². The van der Waals surface area contributed by atoms with E-state index in [4.69, 9.17) is 9.81 Å². The van der Waals surface area contributed by atoms with E-state index in [1.807, 2.05) is 0 Å². The Labute approximate surface area is 99.0 Å². The summed E-state index contributed by atoms with van der Waals surface area (Å²) in [5, 5.41) is 0. The molecule has 0 bridgehead atoms. The first kappa shape index (κ1) is 15.1. The molecule has 0 aromatic heterocycles. The molecule has 0 saturated carbocycles. The van der Waals surface area contributed by atoms with Crippen molar-refractivity contribution in [3.8, 4) is 0 Å². The molecule has 0 unspecified atom stereocenters. The fourth-order valence-corrected chi connectivity index (χ4v) is 15.9. The molecule has 14 heavy (non-hydrogen) atoms. The van der Waals surface area contributed by atoms with Gasteiger partial charge in [0.2, 0.25) is 0 Å². The van der Waals surface area contributed by atoms with Crippen LogP contribution in [0.3, 0.4) is 0 Å². The number of thiol groups is 1. The zero-order valence-electron chi connectivity index (χ0n) is 10.3. The third-order valence-corrected chi connectivity index (χ3v) is 18.5. The number of hydrogen-bond donors (Lipinski definition) is 1. The van der Waals surface area contributed by atoms with E-state index in [-0.39, 0.29) is 0 Å². The van der Waals surface area contributed by atoms with Gasteiger partial charge in [0.1, 0.15) is 0 Å². The summed E-state index contributed by atoms with van der Waals surface area (Å²) in [6, 6.07) is 0.